The van der Waals surface area contributed by atoms with Crippen LogP contribution in [0.25, 0.3) is 0 Å². The zero-order chi connectivity index (χ0) is 30.7. The van der Waals surface area contributed by atoms with Gasteiger partial charge in [-0.25, -0.2) is 0 Å². The van der Waals surface area contributed by atoms with Crippen molar-refractivity contribution in [2.75, 3.05) is 71.0 Å². The first-order valence-corrected chi connectivity index (χ1v) is 14.9. The Hall–Kier alpha value is -3.48. The van der Waals surface area contributed by atoms with E-state index in [9.17, 15) is 19.2 Å². The van der Waals surface area contributed by atoms with Crippen molar-refractivity contribution in [3.63, 3.8) is 0 Å². The minimum absolute atomic E-state index is 0.0784. The minimum Gasteiger partial charge on any atom is -0.399 e. The fourth-order valence-corrected chi connectivity index (χ4v) is 5.84. The van der Waals surface area contributed by atoms with E-state index in [-0.39, 0.29) is 18.3 Å². The zero-order valence-electron chi connectivity index (χ0n) is 25.2. The van der Waals surface area contributed by atoms with E-state index in [0.29, 0.717) is 42.9 Å². The van der Waals surface area contributed by atoms with E-state index < -0.39 is 23.8 Å². The van der Waals surface area contributed by atoms with Gasteiger partial charge in [-0.1, -0.05) is 19.9 Å². The number of piperidine rings is 1. The lowest BCUT2D eigenvalue weighted by molar-refractivity contribution is -0.124. The topological polar surface area (TPSA) is 163 Å². The molecule has 232 valence electrons. The van der Waals surface area contributed by atoms with Gasteiger partial charge >= 0.3 is 0 Å². The van der Waals surface area contributed by atoms with Gasteiger partial charge in [-0.15, -0.1) is 0 Å². The van der Waals surface area contributed by atoms with Crippen LogP contribution in [0.5, 0.6) is 0 Å². The van der Waals surface area contributed by atoms with Crippen LogP contribution in [-0.2, 0) is 14.3 Å². The van der Waals surface area contributed by atoms with Crippen LogP contribution in [0.1, 0.15) is 60.2 Å². The average molecular weight is 586 g/mol. The smallest absolute Gasteiger partial charge is 0.264 e. The molecule has 0 aromatic heterocycles. The molecule has 3 aliphatic heterocycles. The number of benzene rings is 1. The molecular weight excluding hydrogens is 538 g/mol. The van der Waals surface area contributed by atoms with Crippen LogP contribution >= 0.6 is 0 Å². The molecule has 1 aromatic rings. The van der Waals surface area contributed by atoms with E-state index in [4.69, 9.17) is 16.2 Å². The molecule has 0 radical (unpaired) electrons. The van der Waals surface area contributed by atoms with Crippen molar-refractivity contribution in [2.45, 2.75) is 45.6 Å². The fourth-order valence-electron chi connectivity index (χ4n) is 5.84. The van der Waals surface area contributed by atoms with Crippen LogP contribution in [0.3, 0.4) is 0 Å². The molecule has 2 fully saturated rings. The molecule has 3 aliphatic rings. The third-order valence-electron chi connectivity index (χ3n) is 8.04. The maximum atomic E-state index is 13.5. The van der Waals surface area contributed by atoms with E-state index in [1.54, 1.807) is 18.3 Å². The van der Waals surface area contributed by atoms with Gasteiger partial charge in [0.05, 0.1) is 35.7 Å². The highest BCUT2D eigenvalue weighted by Crippen LogP contribution is 2.45. The number of nitrogens with two attached hydrogens (primary N) is 2. The number of amides is 3. The molecular formula is C30H47N7O5. The van der Waals surface area contributed by atoms with Gasteiger partial charge in [0.2, 0.25) is 5.91 Å². The highest BCUT2D eigenvalue weighted by Gasteiger charge is 2.49. The van der Waals surface area contributed by atoms with Crippen molar-refractivity contribution in [3.05, 3.63) is 41.2 Å². The molecule has 3 heterocycles. The van der Waals surface area contributed by atoms with E-state index in [1.165, 1.54) is 7.05 Å². The third-order valence-corrected chi connectivity index (χ3v) is 8.04. The number of fused-ring (bicyclic) bond motifs is 1. The maximum absolute atomic E-state index is 13.5. The Morgan fingerprint density at radius 3 is 2.52 bits per heavy atom. The Balaban J connectivity index is 0.00000237. The number of hydrogen-bond acceptors (Lipinski definition) is 10. The molecule has 42 heavy (non-hydrogen) atoms. The number of carbonyl (C=O) groups is 4. The van der Waals surface area contributed by atoms with E-state index >= 15 is 0 Å². The summed E-state index contributed by atoms with van der Waals surface area (Å²) in [6.07, 6.45) is 4.77. The van der Waals surface area contributed by atoms with E-state index in [2.05, 4.69) is 20.4 Å². The summed E-state index contributed by atoms with van der Waals surface area (Å²) in [5.74, 6) is -1.42. The van der Waals surface area contributed by atoms with Crippen LogP contribution in [0.4, 0.5) is 5.69 Å². The Bertz CT molecular complexity index is 1130. The second-order valence-electron chi connectivity index (χ2n) is 10.8. The Labute approximate surface area is 248 Å². The van der Waals surface area contributed by atoms with Gasteiger partial charge < -0.3 is 41.4 Å². The molecule has 1 unspecified atom stereocenters. The van der Waals surface area contributed by atoms with Crippen molar-refractivity contribution in [1.82, 2.24) is 20.4 Å². The molecule has 0 bridgehead atoms. The standard InChI is InChI=1S/C28H41N7O5.C2H6/c1-31-25(37)23(6-3-14-36)35-26(38)21-4-2-5-22(24(21)27(35)39)34-18-28(19-34)7-11-33(12-8-28)13-10-32-16-20(30)17-40-15-9-29;1-2/h2,4-5,14,16,23,32H,3,6-13,15,17-19,29-30H2,1H3,(H,31,37);1-2H3/b20-16-;. The number of aldehydes is 1. The summed E-state index contributed by atoms with van der Waals surface area (Å²) in [6.45, 7) is 10.7. The predicted octanol–water partition coefficient (Wildman–Crippen LogP) is 0.670. The SMILES string of the molecule is CC.CNC(=O)C(CCC=O)N1C(=O)c2cccc(N3CC4(CCN(CCN/C=C(\N)COCCN)CC4)C3)c2C1=O. The number of imide groups is 1. The molecule has 2 saturated heterocycles. The summed E-state index contributed by atoms with van der Waals surface area (Å²) < 4.78 is 5.32. The third kappa shape index (κ3) is 7.47. The predicted molar refractivity (Wildman–Crippen MR) is 162 cm³/mol. The Kier molecular flexibility index (Phi) is 12.3. The highest BCUT2D eigenvalue weighted by atomic mass is 16.5. The highest BCUT2D eigenvalue weighted by molar-refractivity contribution is 6.25. The lowest BCUT2D eigenvalue weighted by Gasteiger charge is -2.55. The number of rotatable bonds is 14. The molecule has 1 aromatic carbocycles. The molecule has 1 atom stereocenters. The van der Waals surface area contributed by atoms with Gasteiger partial charge in [0.25, 0.3) is 11.8 Å². The van der Waals surface area contributed by atoms with Crippen LogP contribution < -0.4 is 27.0 Å². The van der Waals surface area contributed by atoms with E-state index in [1.807, 2.05) is 19.9 Å². The summed E-state index contributed by atoms with van der Waals surface area (Å²) >= 11 is 0. The van der Waals surface area contributed by atoms with Gasteiger partial charge in [-0.2, -0.15) is 0 Å². The average Bonchev–Trinajstić information content (AvgIpc) is 3.25. The summed E-state index contributed by atoms with van der Waals surface area (Å²) in [7, 11) is 1.45. The van der Waals surface area contributed by atoms with Gasteiger partial charge in [0.15, 0.2) is 0 Å². The number of carbonyl (C=O) groups excluding carboxylic acids is 4. The first-order chi connectivity index (χ1) is 20.3. The summed E-state index contributed by atoms with van der Waals surface area (Å²) in [4.78, 5) is 55.9. The number of ether oxygens (including phenoxy) is 1. The number of nitrogens with zero attached hydrogens (tertiary/aromatic N) is 3. The van der Waals surface area contributed by atoms with Crippen molar-refractivity contribution in [3.8, 4) is 0 Å². The molecule has 0 aliphatic carbocycles. The molecule has 12 nitrogen and oxygen atoms in total. The Morgan fingerprint density at radius 2 is 1.88 bits per heavy atom. The number of hydrogen-bond donors (Lipinski definition) is 4. The number of likely N-dealkylation sites (N-methyl/N-ethyl adjacent to an activating group) is 1. The van der Waals surface area contributed by atoms with Gasteiger partial charge in [0, 0.05) is 57.8 Å². The molecule has 12 heteroatoms. The van der Waals surface area contributed by atoms with Crippen molar-refractivity contribution >= 4 is 29.7 Å². The molecule has 0 saturated carbocycles. The molecule has 4 rings (SSSR count). The lowest BCUT2D eigenvalue weighted by atomic mass is 9.71. The van der Waals surface area contributed by atoms with Gasteiger partial charge in [-0.05, 0) is 44.5 Å². The van der Waals surface area contributed by atoms with Crippen LogP contribution in [-0.4, -0.2) is 106 Å². The van der Waals surface area contributed by atoms with Crippen molar-refractivity contribution in [1.29, 1.82) is 0 Å². The number of likely N-dealkylation sites (tertiary alicyclic amines) is 1. The zero-order valence-corrected chi connectivity index (χ0v) is 25.2. The summed E-state index contributed by atoms with van der Waals surface area (Å²) in [5, 5.41) is 5.76. The van der Waals surface area contributed by atoms with Gasteiger partial charge in [0.1, 0.15) is 12.3 Å². The second kappa shape index (κ2) is 15.7. The Morgan fingerprint density at radius 1 is 1.17 bits per heavy atom. The van der Waals surface area contributed by atoms with Crippen molar-refractivity contribution < 1.29 is 23.9 Å². The minimum atomic E-state index is -1.02. The normalized spacial score (nSPS) is 18.6. The van der Waals surface area contributed by atoms with Gasteiger partial charge in [-0.3, -0.25) is 19.3 Å². The second-order valence-corrected chi connectivity index (χ2v) is 10.8. The van der Waals surface area contributed by atoms with Crippen molar-refractivity contribution in [2.24, 2.45) is 16.9 Å². The quantitative estimate of drug-likeness (QED) is 0.139. The monoisotopic (exact) mass is 585 g/mol. The van der Waals surface area contributed by atoms with E-state index in [0.717, 1.165) is 62.7 Å². The number of anilines is 1. The lowest BCUT2D eigenvalue weighted by Crippen LogP contribution is -2.61. The molecule has 1 spiro atoms. The van der Waals surface area contributed by atoms with Crippen LogP contribution in [0.15, 0.2) is 30.1 Å². The first-order valence-electron chi connectivity index (χ1n) is 14.9. The van der Waals surface area contributed by atoms with Crippen LogP contribution in [0, 0.1) is 5.41 Å². The molecule has 3 amide bonds. The number of nitrogens with one attached hydrogen (secondary N) is 2. The van der Waals surface area contributed by atoms with Crippen LogP contribution in [0.2, 0.25) is 0 Å². The molecule has 6 N–H and O–H groups in total. The summed E-state index contributed by atoms with van der Waals surface area (Å²) in [5.41, 5.74) is 13.5. The first kappa shape index (κ1) is 33.0. The fraction of sp³-hybridized carbons (Fsp3) is 0.600. The summed E-state index contributed by atoms with van der Waals surface area (Å²) in [6, 6.07) is 4.28. The largest absolute Gasteiger partial charge is 0.399 e. The maximum Gasteiger partial charge on any atom is 0.264 e.